The van der Waals surface area contributed by atoms with Gasteiger partial charge in [-0.2, -0.15) is 5.10 Å². The first kappa shape index (κ1) is 12.6. The summed E-state index contributed by atoms with van der Waals surface area (Å²) >= 11 is 0. The van der Waals surface area contributed by atoms with E-state index in [4.69, 9.17) is 10.5 Å². The third-order valence-electron chi connectivity index (χ3n) is 2.84. The molecule has 4 nitrogen and oxygen atoms in total. The zero-order chi connectivity index (χ0) is 13.0. The quantitative estimate of drug-likeness (QED) is 0.880. The first-order valence-electron chi connectivity index (χ1n) is 6.14. The average molecular weight is 245 g/mol. The van der Waals surface area contributed by atoms with Gasteiger partial charge in [-0.05, 0) is 25.0 Å². The molecule has 0 saturated heterocycles. The largest absolute Gasteiger partial charge is 0.486 e. The van der Waals surface area contributed by atoms with Crippen LogP contribution in [0.2, 0.25) is 0 Å². The van der Waals surface area contributed by atoms with Gasteiger partial charge in [-0.1, -0.05) is 24.3 Å². The fourth-order valence-corrected chi connectivity index (χ4v) is 1.74. The fraction of sp³-hybridized carbons (Fsp3) is 0.357. The van der Waals surface area contributed by atoms with E-state index in [0.717, 1.165) is 16.9 Å². The van der Waals surface area contributed by atoms with Crippen LogP contribution in [0, 0.1) is 0 Å². The predicted molar refractivity (Wildman–Crippen MR) is 71.3 cm³/mol. The van der Waals surface area contributed by atoms with E-state index in [0.29, 0.717) is 19.2 Å². The molecule has 1 heterocycles. The second-order valence-corrected chi connectivity index (χ2v) is 4.51. The van der Waals surface area contributed by atoms with Gasteiger partial charge in [-0.3, -0.25) is 4.68 Å². The van der Waals surface area contributed by atoms with E-state index in [1.165, 1.54) is 0 Å². The van der Waals surface area contributed by atoms with Crippen LogP contribution in [-0.4, -0.2) is 9.78 Å². The van der Waals surface area contributed by atoms with Crippen LogP contribution in [0.25, 0.3) is 0 Å². The monoisotopic (exact) mass is 245 g/mol. The Balaban J connectivity index is 2.02. The lowest BCUT2D eigenvalue weighted by atomic mass is 10.1. The molecule has 2 rings (SSSR count). The number of ether oxygens (including phenoxy) is 1. The molecule has 0 radical (unpaired) electrons. The molecule has 0 aliphatic carbocycles. The van der Waals surface area contributed by atoms with Crippen LogP contribution in [0.15, 0.2) is 36.7 Å². The Morgan fingerprint density at radius 1 is 1.28 bits per heavy atom. The van der Waals surface area contributed by atoms with Crippen LogP contribution in [0.1, 0.15) is 31.0 Å². The fourth-order valence-electron chi connectivity index (χ4n) is 1.74. The topological polar surface area (TPSA) is 53.1 Å². The van der Waals surface area contributed by atoms with Crippen LogP contribution < -0.4 is 10.5 Å². The van der Waals surface area contributed by atoms with E-state index in [1.807, 2.05) is 35.1 Å². The van der Waals surface area contributed by atoms with E-state index in [9.17, 15) is 0 Å². The van der Waals surface area contributed by atoms with Crippen LogP contribution in [-0.2, 0) is 13.2 Å². The summed E-state index contributed by atoms with van der Waals surface area (Å²) in [5, 5.41) is 4.24. The summed E-state index contributed by atoms with van der Waals surface area (Å²) in [5.74, 6) is 0.788. The van der Waals surface area contributed by atoms with Gasteiger partial charge in [-0.15, -0.1) is 0 Å². The van der Waals surface area contributed by atoms with Crippen molar-refractivity contribution in [2.24, 2.45) is 5.73 Å². The summed E-state index contributed by atoms with van der Waals surface area (Å²) in [4.78, 5) is 0. The van der Waals surface area contributed by atoms with Crippen molar-refractivity contribution in [1.82, 2.24) is 9.78 Å². The third-order valence-corrected chi connectivity index (χ3v) is 2.84. The molecular formula is C14H19N3O. The number of hydrogen-bond donors (Lipinski definition) is 1. The molecule has 0 aliphatic heterocycles. The van der Waals surface area contributed by atoms with Crippen molar-refractivity contribution in [3.63, 3.8) is 0 Å². The molecule has 4 heteroatoms. The first-order chi connectivity index (χ1) is 8.70. The standard InChI is InChI=1S/C14H19N3O/c1-11(2)17-9-14(8-16-17)18-10-13-6-4-3-5-12(13)7-15/h3-6,8-9,11H,7,10,15H2,1-2H3. The van der Waals surface area contributed by atoms with Crippen LogP contribution in [0.3, 0.4) is 0 Å². The minimum Gasteiger partial charge on any atom is -0.486 e. The van der Waals surface area contributed by atoms with Crippen molar-refractivity contribution in [3.8, 4) is 5.75 Å². The number of nitrogens with zero attached hydrogens (tertiary/aromatic N) is 2. The highest BCUT2D eigenvalue weighted by atomic mass is 16.5. The van der Waals surface area contributed by atoms with Gasteiger partial charge in [0, 0.05) is 12.6 Å². The van der Waals surface area contributed by atoms with E-state index in [1.54, 1.807) is 6.20 Å². The van der Waals surface area contributed by atoms with Crippen LogP contribution in [0.4, 0.5) is 0 Å². The Morgan fingerprint density at radius 3 is 2.61 bits per heavy atom. The number of rotatable bonds is 5. The summed E-state index contributed by atoms with van der Waals surface area (Å²) in [6.07, 6.45) is 3.65. The molecule has 1 aromatic heterocycles. The maximum Gasteiger partial charge on any atom is 0.157 e. The smallest absolute Gasteiger partial charge is 0.157 e. The summed E-state index contributed by atoms with van der Waals surface area (Å²) in [6, 6.07) is 8.39. The number of hydrogen-bond acceptors (Lipinski definition) is 3. The average Bonchev–Trinajstić information content (AvgIpc) is 2.85. The predicted octanol–water partition coefficient (Wildman–Crippen LogP) is 2.50. The minimum atomic E-state index is 0.346. The SMILES string of the molecule is CC(C)n1cc(OCc2ccccc2CN)cn1. The van der Waals surface area contributed by atoms with Crippen molar-refractivity contribution >= 4 is 0 Å². The summed E-state index contributed by atoms with van der Waals surface area (Å²) < 4.78 is 7.61. The molecule has 0 saturated carbocycles. The van der Waals surface area contributed by atoms with Crippen molar-refractivity contribution in [2.75, 3.05) is 0 Å². The Kier molecular flexibility index (Phi) is 3.99. The van der Waals surface area contributed by atoms with Gasteiger partial charge in [0.25, 0.3) is 0 Å². The van der Waals surface area contributed by atoms with Gasteiger partial charge in [0.05, 0.1) is 12.4 Å². The summed E-state index contributed by atoms with van der Waals surface area (Å²) in [5.41, 5.74) is 7.93. The van der Waals surface area contributed by atoms with Crippen molar-refractivity contribution in [1.29, 1.82) is 0 Å². The molecule has 0 spiro atoms. The molecule has 0 bridgehead atoms. The molecule has 18 heavy (non-hydrogen) atoms. The van der Waals surface area contributed by atoms with E-state index in [2.05, 4.69) is 18.9 Å². The summed E-state index contributed by atoms with van der Waals surface area (Å²) in [6.45, 7) is 5.23. The molecule has 96 valence electrons. The molecule has 2 aromatic rings. The third kappa shape index (κ3) is 2.90. The minimum absolute atomic E-state index is 0.346. The lowest BCUT2D eigenvalue weighted by Crippen LogP contribution is -2.04. The maximum absolute atomic E-state index is 5.73. The molecule has 0 unspecified atom stereocenters. The highest BCUT2D eigenvalue weighted by molar-refractivity contribution is 5.27. The Hall–Kier alpha value is -1.81. The molecule has 2 N–H and O–H groups in total. The van der Waals surface area contributed by atoms with Crippen LogP contribution >= 0.6 is 0 Å². The normalized spacial score (nSPS) is 10.9. The van der Waals surface area contributed by atoms with Crippen molar-refractivity contribution in [3.05, 3.63) is 47.8 Å². The Bertz CT molecular complexity index is 505. The Morgan fingerprint density at radius 2 is 2.00 bits per heavy atom. The lowest BCUT2D eigenvalue weighted by Gasteiger charge is -2.08. The van der Waals surface area contributed by atoms with Crippen LogP contribution in [0.5, 0.6) is 5.75 Å². The molecule has 0 amide bonds. The highest BCUT2D eigenvalue weighted by Crippen LogP contribution is 2.16. The second kappa shape index (κ2) is 5.69. The van der Waals surface area contributed by atoms with Crippen molar-refractivity contribution in [2.45, 2.75) is 33.0 Å². The highest BCUT2D eigenvalue weighted by Gasteiger charge is 2.04. The number of aromatic nitrogens is 2. The van der Waals surface area contributed by atoms with Gasteiger partial charge >= 0.3 is 0 Å². The molecule has 0 aliphatic rings. The van der Waals surface area contributed by atoms with Gasteiger partial charge < -0.3 is 10.5 Å². The molecular weight excluding hydrogens is 226 g/mol. The summed E-state index contributed by atoms with van der Waals surface area (Å²) in [7, 11) is 0. The lowest BCUT2D eigenvalue weighted by molar-refractivity contribution is 0.304. The van der Waals surface area contributed by atoms with Crippen molar-refractivity contribution < 1.29 is 4.74 Å². The number of benzene rings is 1. The molecule has 1 aromatic carbocycles. The zero-order valence-corrected chi connectivity index (χ0v) is 10.8. The van der Waals surface area contributed by atoms with Gasteiger partial charge in [0.15, 0.2) is 5.75 Å². The van der Waals surface area contributed by atoms with E-state index >= 15 is 0 Å². The molecule has 0 atom stereocenters. The zero-order valence-electron chi connectivity index (χ0n) is 10.8. The Labute approximate surface area is 107 Å². The maximum atomic E-state index is 5.73. The van der Waals surface area contributed by atoms with E-state index in [-0.39, 0.29) is 0 Å². The number of nitrogens with two attached hydrogens (primary N) is 1. The first-order valence-corrected chi connectivity index (χ1v) is 6.14. The second-order valence-electron chi connectivity index (χ2n) is 4.51. The van der Waals surface area contributed by atoms with Gasteiger partial charge in [-0.25, -0.2) is 0 Å². The van der Waals surface area contributed by atoms with E-state index < -0.39 is 0 Å². The molecule has 0 fully saturated rings. The van der Waals surface area contributed by atoms with Gasteiger partial charge in [0.2, 0.25) is 0 Å². The van der Waals surface area contributed by atoms with Gasteiger partial charge in [0.1, 0.15) is 6.61 Å².